The fourth-order valence-corrected chi connectivity index (χ4v) is 4.13. The second-order valence-corrected chi connectivity index (χ2v) is 7.54. The van der Waals surface area contributed by atoms with Crippen LogP contribution in [0.5, 0.6) is 0 Å². The predicted molar refractivity (Wildman–Crippen MR) is 110 cm³/mol. The third-order valence-corrected chi connectivity index (χ3v) is 5.50. The molecule has 0 saturated carbocycles. The highest BCUT2D eigenvalue weighted by atomic mass is 19.3. The number of hydrogen-bond acceptors (Lipinski definition) is 6. The van der Waals surface area contributed by atoms with E-state index in [0.29, 0.717) is 11.1 Å². The summed E-state index contributed by atoms with van der Waals surface area (Å²) in [4.78, 5) is 17.1. The molecule has 162 valence electrons. The Hall–Kier alpha value is -3.82. The Morgan fingerprint density at radius 3 is 2.66 bits per heavy atom. The fraction of sp³-hybridized carbons (Fsp3) is 0.182. The van der Waals surface area contributed by atoms with E-state index in [1.54, 1.807) is 36.4 Å². The number of pyridine rings is 2. The van der Waals surface area contributed by atoms with Crippen molar-refractivity contribution in [3.63, 3.8) is 0 Å². The summed E-state index contributed by atoms with van der Waals surface area (Å²) in [6.07, 6.45) is 3.71. The summed E-state index contributed by atoms with van der Waals surface area (Å²) >= 11 is 0. The summed E-state index contributed by atoms with van der Waals surface area (Å²) in [5, 5.41) is 0. The van der Waals surface area contributed by atoms with Crippen LogP contribution in [0.2, 0.25) is 0 Å². The van der Waals surface area contributed by atoms with E-state index in [9.17, 15) is 13.2 Å². The van der Waals surface area contributed by atoms with Gasteiger partial charge in [0.1, 0.15) is 18.2 Å². The number of aliphatic imine (C=N–C) groups is 2. The van der Waals surface area contributed by atoms with Gasteiger partial charge in [0.2, 0.25) is 5.95 Å². The molecule has 0 fully saturated rings. The lowest BCUT2D eigenvalue weighted by Gasteiger charge is -2.35. The number of amidine groups is 1. The van der Waals surface area contributed by atoms with Gasteiger partial charge in [0.25, 0.3) is 5.92 Å². The lowest BCUT2D eigenvalue weighted by molar-refractivity contribution is -0.00438. The number of rotatable bonds is 3. The third-order valence-electron chi connectivity index (χ3n) is 5.50. The van der Waals surface area contributed by atoms with Crippen LogP contribution >= 0.6 is 0 Å². The monoisotopic (exact) mass is 440 g/mol. The molecule has 6 nitrogen and oxygen atoms in total. The van der Waals surface area contributed by atoms with Gasteiger partial charge in [0.05, 0.1) is 12.7 Å². The summed E-state index contributed by atoms with van der Waals surface area (Å²) in [7, 11) is 0. The van der Waals surface area contributed by atoms with Gasteiger partial charge in [-0.3, -0.25) is 14.9 Å². The number of guanidine groups is 1. The van der Waals surface area contributed by atoms with E-state index in [0.717, 1.165) is 11.1 Å². The van der Waals surface area contributed by atoms with E-state index in [1.807, 2.05) is 0 Å². The first-order valence-corrected chi connectivity index (χ1v) is 9.69. The topological polar surface area (TPSA) is 79.8 Å². The first kappa shape index (κ1) is 20.1. The van der Waals surface area contributed by atoms with Crippen LogP contribution in [0.3, 0.4) is 0 Å². The molecular weight excluding hydrogens is 424 g/mol. The van der Waals surface area contributed by atoms with Crippen molar-refractivity contribution in [3.05, 3.63) is 83.9 Å². The lowest BCUT2D eigenvalue weighted by atomic mass is 9.81. The average Bonchev–Trinajstić information content (AvgIpc) is 3.06. The minimum atomic E-state index is -3.11. The number of alkyl halides is 2. The maximum atomic E-state index is 15.0. The zero-order chi connectivity index (χ0) is 22.5. The summed E-state index contributed by atoms with van der Waals surface area (Å²) < 4.78 is 57.6. The van der Waals surface area contributed by atoms with Crippen LogP contribution in [0, 0.1) is 11.8 Å². The summed E-state index contributed by atoms with van der Waals surface area (Å²) in [6, 6.07) is 11.1. The van der Waals surface area contributed by atoms with Crippen LogP contribution < -0.4 is 5.73 Å². The number of halogens is 4. The van der Waals surface area contributed by atoms with E-state index in [-0.39, 0.29) is 22.9 Å². The number of hydrogen-bond donors (Lipinski definition) is 1. The molecule has 0 radical (unpaired) electrons. The standard InChI is InChI=1S/C22H16F4N6/c23-17-10-28-8-6-16(17)22(19-30-11-21(25,26)12-32(19)20(27)31-22)14-4-1-3-13(9-14)15-5-2-7-29-18(15)24/h1-10H,11-12H2,(H2,27,31). The second-order valence-electron chi connectivity index (χ2n) is 7.54. The Morgan fingerprint density at radius 2 is 1.88 bits per heavy atom. The molecule has 0 bridgehead atoms. The largest absolute Gasteiger partial charge is 0.369 e. The Morgan fingerprint density at radius 1 is 1.03 bits per heavy atom. The number of aromatic nitrogens is 2. The summed E-state index contributed by atoms with van der Waals surface area (Å²) in [6.45, 7) is -1.51. The van der Waals surface area contributed by atoms with Gasteiger partial charge in [-0.1, -0.05) is 18.2 Å². The molecule has 10 heteroatoms. The molecule has 2 aliphatic heterocycles. The molecule has 0 amide bonds. The van der Waals surface area contributed by atoms with Crippen LogP contribution in [-0.4, -0.2) is 45.7 Å². The second kappa shape index (κ2) is 7.11. The van der Waals surface area contributed by atoms with E-state index in [2.05, 4.69) is 20.0 Å². The molecule has 2 aromatic heterocycles. The molecule has 5 rings (SSSR count). The Kier molecular flexibility index (Phi) is 4.47. The molecule has 2 N–H and O–H groups in total. The van der Waals surface area contributed by atoms with E-state index in [1.165, 1.54) is 18.5 Å². The SMILES string of the molecule is NC1=NC(c2cccc(-c3cccnc3F)c2)(c2ccncc2F)C2=NCC(F)(F)CN12. The van der Waals surface area contributed by atoms with Gasteiger partial charge in [-0.15, -0.1) is 0 Å². The van der Waals surface area contributed by atoms with Crippen LogP contribution in [0.25, 0.3) is 11.1 Å². The fourth-order valence-electron chi connectivity index (χ4n) is 4.13. The van der Waals surface area contributed by atoms with Crippen molar-refractivity contribution >= 4 is 11.8 Å². The Bertz CT molecular complexity index is 1270. The number of nitrogens with zero attached hydrogens (tertiary/aromatic N) is 5. The quantitative estimate of drug-likeness (QED) is 0.501. The third kappa shape index (κ3) is 3.02. The van der Waals surface area contributed by atoms with Gasteiger partial charge in [-0.2, -0.15) is 4.39 Å². The van der Waals surface area contributed by atoms with Gasteiger partial charge < -0.3 is 5.73 Å². The van der Waals surface area contributed by atoms with Crippen molar-refractivity contribution in [1.29, 1.82) is 0 Å². The van der Waals surface area contributed by atoms with Gasteiger partial charge >= 0.3 is 0 Å². The molecule has 0 saturated heterocycles. The van der Waals surface area contributed by atoms with Crippen molar-refractivity contribution in [2.24, 2.45) is 15.7 Å². The molecule has 1 aromatic carbocycles. The maximum Gasteiger partial charge on any atom is 0.284 e. The molecule has 4 heterocycles. The van der Waals surface area contributed by atoms with Crippen LogP contribution in [0.15, 0.2) is 71.0 Å². The molecule has 2 aliphatic rings. The molecule has 1 unspecified atom stereocenters. The van der Waals surface area contributed by atoms with Gasteiger partial charge in [-0.05, 0) is 35.4 Å². The molecule has 1 atom stereocenters. The highest BCUT2D eigenvalue weighted by Gasteiger charge is 2.54. The molecular formula is C22H16F4N6. The van der Waals surface area contributed by atoms with Crippen molar-refractivity contribution < 1.29 is 17.6 Å². The van der Waals surface area contributed by atoms with E-state index >= 15 is 4.39 Å². The summed E-state index contributed by atoms with van der Waals surface area (Å²) in [5.41, 5.74) is 5.52. The zero-order valence-electron chi connectivity index (χ0n) is 16.5. The Labute approximate surface area is 180 Å². The van der Waals surface area contributed by atoms with Crippen LogP contribution in [0.1, 0.15) is 11.1 Å². The van der Waals surface area contributed by atoms with Crippen LogP contribution in [0.4, 0.5) is 17.6 Å². The minimum Gasteiger partial charge on any atom is -0.369 e. The van der Waals surface area contributed by atoms with Gasteiger partial charge in [-0.25, -0.2) is 23.1 Å². The van der Waals surface area contributed by atoms with Crippen molar-refractivity contribution in [1.82, 2.24) is 14.9 Å². The number of nitrogens with two attached hydrogens (primary N) is 1. The van der Waals surface area contributed by atoms with Gasteiger partial charge in [0.15, 0.2) is 11.5 Å². The van der Waals surface area contributed by atoms with Crippen molar-refractivity contribution in [2.45, 2.75) is 11.5 Å². The molecule has 32 heavy (non-hydrogen) atoms. The first-order valence-electron chi connectivity index (χ1n) is 9.69. The summed E-state index contributed by atoms with van der Waals surface area (Å²) in [5.74, 6) is -4.63. The smallest absolute Gasteiger partial charge is 0.284 e. The zero-order valence-corrected chi connectivity index (χ0v) is 16.5. The van der Waals surface area contributed by atoms with Gasteiger partial charge in [0, 0.05) is 23.5 Å². The highest BCUT2D eigenvalue weighted by molar-refractivity contribution is 6.12. The molecule has 0 aliphatic carbocycles. The van der Waals surface area contributed by atoms with E-state index < -0.39 is 36.3 Å². The molecule has 3 aromatic rings. The number of benzene rings is 1. The normalized spacial score (nSPS) is 21.7. The molecule has 0 spiro atoms. The van der Waals surface area contributed by atoms with Crippen LogP contribution in [-0.2, 0) is 5.54 Å². The maximum absolute atomic E-state index is 15.0. The van der Waals surface area contributed by atoms with E-state index in [4.69, 9.17) is 5.73 Å². The minimum absolute atomic E-state index is 0.0470. The Balaban J connectivity index is 1.78. The first-order chi connectivity index (χ1) is 15.3. The predicted octanol–water partition coefficient (Wildman–Crippen LogP) is 3.34. The lowest BCUT2D eigenvalue weighted by Crippen LogP contribution is -2.53. The number of fused-ring (bicyclic) bond motifs is 1. The highest BCUT2D eigenvalue weighted by Crippen LogP contribution is 2.44. The van der Waals surface area contributed by atoms with Crippen molar-refractivity contribution in [2.75, 3.05) is 13.1 Å². The van der Waals surface area contributed by atoms with Crippen molar-refractivity contribution in [3.8, 4) is 11.1 Å². The average molecular weight is 440 g/mol.